The molecule has 1 aromatic carbocycles. The van der Waals surface area contributed by atoms with Crippen LogP contribution in [0.4, 0.5) is 0 Å². The number of aromatic nitrogens is 3. The fourth-order valence-corrected chi connectivity index (χ4v) is 3.25. The Morgan fingerprint density at radius 2 is 1.96 bits per heavy atom. The molecule has 0 saturated carbocycles. The predicted molar refractivity (Wildman–Crippen MR) is 106 cm³/mol. The Morgan fingerprint density at radius 3 is 2.59 bits per heavy atom. The van der Waals surface area contributed by atoms with Crippen molar-refractivity contribution in [3.8, 4) is 0 Å². The summed E-state index contributed by atoms with van der Waals surface area (Å²) in [4.78, 5) is 7.19. The minimum atomic E-state index is 0.364. The Labute approximate surface area is 161 Å². The van der Waals surface area contributed by atoms with Gasteiger partial charge in [-0.15, -0.1) is 10.2 Å². The fourth-order valence-electron chi connectivity index (χ4n) is 3.25. The van der Waals surface area contributed by atoms with E-state index in [9.17, 15) is 0 Å². The maximum absolute atomic E-state index is 5.78. The number of nitrogens with one attached hydrogen (secondary N) is 1. The molecule has 1 aliphatic heterocycles. The molecule has 1 aromatic heterocycles. The van der Waals surface area contributed by atoms with E-state index in [2.05, 4.69) is 39.5 Å². The second-order valence-corrected chi connectivity index (χ2v) is 6.84. The Bertz CT molecular complexity index is 734. The number of nitrogens with zero attached hydrogens (tertiary/aromatic N) is 5. The molecule has 0 bridgehead atoms. The number of likely N-dealkylation sites (tertiary alicyclic amines) is 1. The monoisotopic (exact) mass is 370 g/mol. The van der Waals surface area contributed by atoms with Gasteiger partial charge in [-0.3, -0.25) is 0 Å². The van der Waals surface area contributed by atoms with Crippen molar-refractivity contribution in [1.29, 1.82) is 0 Å². The molecule has 2 heterocycles. The fraction of sp³-hybridized carbons (Fsp3) is 0.550. The average molecular weight is 371 g/mol. The van der Waals surface area contributed by atoms with Crippen LogP contribution in [0.15, 0.2) is 35.3 Å². The largest absolute Gasteiger partial charge is 0.378 e. The molecule has 1 saturated heterocycles. The van der Waals surface area contributed by atoms with Crippen molar-refractivity contribution in [3.63, 3.8) is 0 Å². The molecule has 0 atom stereocenters. The zero-order valence-electron chi connectivity index (χ0n) is 16.6. The van der Waals surface area contributed by atoms with Crippen molar-refractivity contribution in [2.45, 2.75) is 45.9 Å². The first-order chi connectivity index (χ1) is 13.2. The lowest BCUT2D eigenvalue weighted by Crippen LogP contribution is -2.47. The van der Waals surface area contributed by atoms with E-state index >= 15 is 0 Å². The van der Waals surface area contributed by atoms with Gasteiger partial charge in [-0.25, -0.2) is 4.99 Å². The Kier molecular flexibility index (Phi) is 6.81. The standard InChI is InChI=1S/C20H30N6O/c1-4-27-18-10-12-26(13-11-18)20(21-14-17-8-6-5-7-9-17)22-15-19-24-23-16(2)25(19)3/h5-9,18H,4,10-15H2,1-3H3,(H,21,22). The Hall–Kier alpha value is -2.41. The summed E-state index contributed by atoms with van der Waals surface area (Å²) in [6.45, 7) is 7.96. The summed E-state index contributed by atoms with van der Waals surface area (Å²) < 4.78 is 7.78. The van der Waals surface area contributed by atoms with Crippen LogP contribution in [0.5, 0.6) is 0 Å². The maximum atomic E-state index is 5.78. The first-order valence-electron chi connectivity index (χ1n) is 9.71. The highest BCUT2D eigenvalue weighted by molar-refractivity contribution is 5.80. The van der Waals surface area contributed by atoms with Crippen LogP contribution in [0, 0.1) is 6.92 Å². The van der Waals surface area contributed by atoms with Crippen LogP contribution in [0.3, 0.4) is 0 Å². The summed E-state index contributed by atoms with van der Waals surface area (Å²) in [7, 11) is 1.99. The lowest BCUT2D eigenvalue weighted by atomic mass is 10.1. The van der Waals surface area contributed by atoms with Crippen molar-refractivity contribution < 1.29 is 4.74 Å². The molecule has 2 aromatic rings. The predicted octanol–water partition coefficient (Wildman–Crippen LogP) is 2.27. The van der Waals surface area contributed by atoms with E-state index in [1.807, 2.05) is 36.7 Å². The quantitative estimate of drug-likeness (QED) is 0.624. The van der Waals surface area contributed by atoms with Gasteiger partial charge in [-0.2, -0.15) is 0 Å². The molecule has 0 radical (unpaired) electrons. The molecule has 7 nitrogen and oxygen atoms in total. The van der Waals surface area contributed by atoms with E-state index < -0.39 is 0 Å². The van der Waals surface area contributed by atoms with Gasteiger partial charge in [0.15, 0.2) is 11.8 Å². The van der Waals surface area contributed by atoms with Crippen LogP contribution in [0.2, 0.25) is 0 Å². The number of ether oxygens (including phenoxy) is 1. The van der Waals surface area contributed by atoms with Crippen LogP contribution in [-0.2, 0) is 24.9 Å². The molecule has 27 heavy (non-hydrogen) atoms. The molecular formula is C20H30N6O. The van der Waals surface area contributed by atoms with Crippen LogP contribution in [0.1, 0.15) is 37.0 Å². The van der Waals surface area contributed by atoms with Crippen LogP contribution in [0.25, 0.3) is 0 Å². The third kappa shape index (κ3) is 5.29. The number of aryl methyl sites for hydroxylation is 1. The molecule has 1 N–H and O–H groups in total. The van der Waals surface area contributed by atoms with E-state index in [1.165, 1.54) is 5.56 Å². The third-order valence-electron chi connectivity index (χ3n) is 4.99. The van der Waals surface area contributed by atoms with Crippen LogP contribution >= 0.6 is 0 Å². The topological polar surface area (TPSA) is 67.6 Å². The minimum Gasteiger partial charge on any atom is -0.378 e. The van der Waals surface area contributed by atoms with Gasteiger partial charge in [0, 0.05) is 26.7 Å². The summed E-state index contributed by atoms with van der Waals surface area (Å²) in [5, 5.41) is 11.9. The van der Waals surface area contributed by atoms with Crippen molar-refractivity contribution in [2.75, 3.05) is 19.7 Å². The van der Waals surface area contributed by atoms with Gasteiger partial charge in [0.05, 0.1) is 19.2 Å². The summed E-state index contributed by atoms with van der Waals surface area (Å²) in [6, 6.07) is 10.3. The number of benzene rings is 1. The highest BCUT2D eigenvalue weighted by Crippen LogP contribution is 2.14. The molecule has 0 aliphatic carbocycles. The van der Waals surface area contributed by atoms with Gasteiger partial charge >= 0.3 is 0 Å². The molecule has 0 spiro atoms. The molecule has 0 amide bonds. The highest BCUT2D eigenvalue weighted by Gasteiger charge is 2.22. The third-order valence-corrected chi connectivity index (χ3v) is 4.99. The van der Waals surface area contributed by atoms with Crippen LogP contribution in [-0.4, -0.2) is 51.4 Å². The van der Waals surface area contributed by atoms with Gasteiger partial charge in [-0.05, 0) is 32.3 Å². The van der Waals surface area contributed by atoms with E-state index in [1.54, 1.807) is 0 Å². The Morgan fingerprint density at radius 1 is 1.22 bits per heavy atom. The summed E-state index contributed by atoms with van der Waals surface area (Å²) in [5.41, 5.74) is 1.20. The van der Waals surface area contributed by atoms with E-state index in [-0.39, 0.29) is 0 Å². The Balaban J connectivity index is 1.67. The zero-order chi connectivity index (χ0) is 19.1. The van der Waals surface area contributed by atoms with Crippen molar-refractivity contribution in [1.82, 2.24) is 25.0 Å². The van der Waals surface area contributed by atoms with Gasteiger partial charge in [-0.1, -0.05) is 30.3 Å². The number of hydrogen-bond donors (Lipinski definition) is 1. The molecule has 146 valence electrons. The van der Waals surface area contributed by atoms with Crippen molar-refractivity contribution in [3.05, 3.63) is 47.5 Å². The minimum absolute atomic E-state index is 0.364. The molecular weight excluding hydrogens is 340 g/mol. The number of rotatable bonds is 6. The molecule has 1 aliphatic rings. The van der Waals surface area contributed by atoms with E-state index in [0.717, 1.165) is 50.1 Å². The molecule has 1 fully saturated rings. The highest BCUT2D eigenvalue weighted by atomic mass is 16.5. The first-order valence-corrected chi connectivity index (χ1v) is 9.71. The maximum Gasteiger partial charge on any atom is 0.194 e. The lowest BCUT2D eigenvalue weighted by Gasteiger charge is -2.34. The number of piperidine rings is 1. The van der Waals surface area contributed by atoms with Crippen LogP contribution < -0.4 is 5.32 Å². The lowest BCUT2D eigenvalue weighted by molar-refractivity contribution is 0.0263. The van der Waals surface area contributed by atoms with Crippen molar-refractivity contribution >= 4 is 5.96 Å². The van der Waals surface area contributed by atoms with Gasteiger partial charge in [0.2, 0.25) is 0 Å². The number of aliphatic imine (C=N–C) groups is 1. The number of hydrogen-bond acceptors (Lipinski definition) is 4. The van der Waals surface area contributed by atoms with Crippen molar-refractivity contribution in [2.24, 2.45) is 12.0 Å². The molecule has 0 unspecified atom stereocenters. The summed E-state index contributed by atoms with van der Waals surface area (Å²) >= 11 is 0. The zero-order valence-corrected chi connectivity index (χ0v) is 16.6. The van der Waals surface area contributed by atoms with Gasteiger partial charge < -0.3 is 19.5 Å². The van der Waals surface area contributed by atoms with E-state index in [4.69, 9.17) is 9.73 Å². The first kappa shape index (κ1) is 19.4. The van der Waals surface area contributed by atoms with Gasteiger partial charge in [0.1, 0.15) is 5.82 Å². The molecule has 7 heteroatoms. The number of guanidine groups is 1. The second kappa shape index (κ2) is 9.50. The van der Waals surface area contributed by atoms with E-state index in [0.29, 0.717) is 19.2 Å². The molecule has 3 rings (SSSR count). The summed E-state index contributed by atoms with van der Waals surface area (Å²) in [5.74, 6) is 2.74. The smallest absolute Gasteiger partial charge is 0.194 e. The normalized spacial score (nSPS) is 16.0. The SMILES string of the molecule is CCOC1CCN(C(=NCc2ccccc2)NCc2nnc(C)n2C)CC1. The average Bonchev–Trinajstić information content (AvgIpc) is 3.02. The second-order valence-electron chi connectivity index (χ2n) is 6.84. The summed E-state index contributed by atoms with van der Waals surface area (Å²) in [6.07, 6.45) is 2.43. The van der Waals surface area contributed by atoms with Gasteiger partial charge in [0.25, 0.3) is 0 Å².